The van der Waals surface area contributed by atoms with Crippen LogP contribution in [0.5, 0.6) is 0 Å². The van der Waals surface area contributed by atoms with Crippen molar-refractivity contribution in [3.63, 3.8) is 0 Å². The molecule has 1 aliphatic heterocycles. The molecule has 0 saturated carbocycles. The Morgan fingerprint density at radius 2 is 2.06 bits per heavy atom. The minimum Gasteiger partial charge on any atom is -0.462 e. The number of hydrogen-bond acceptors (Lipinski definition) is 8. The largest absolute Gasteiger partial charge is 0.462 e. The minimum absolute atomic E-state index is 0.00369. The number of esters is 1. The fourth-order valence-electron chi connectivity index (χ4n) is 3.42. The standard InChI is InChI=1S/C22H17N5O3S/c1-2-30-22(29)17-18(24)15(10-23)19(14-6-4-8-26-12-14)27-20(28)16(31-21(17)27)9-13-5-3-7-25-11-13/h3-9,11-12,19H,2,24H2,1H3/b16-9+. The molecule has 0 radical (unpaired) electrons. The highest BCUT2D eigenvalue weighted by Gasteiger charge is 2.34. The Kier molecular flexibility index (Phi) is 5.47. The molecule has 3 aromatic heterocycles. The average Bonchev–Trinajstić information content (AvgIpc) is 3.09. The van der Waals surface area contributed by atoms with Crippen LogP contribution in [0.4, 0.5) is 0 Å². The van der Waals surface area contributed by atoms with Crippen LogP contribution in [0.15, 0.2) is 65.1 Å². The molecule has 0 amide bonds. The number of nitrogens with zero attached hydrogens (tertiary/aromatic N) is 4. The van der Waals surface area contributed by atoms with Gasteiger partial charge < -0.3 is 10.5 Å². The number of hydrogen-bond donors (Lipinski definition) is 1. The molecular formula is C22H17N5O3S. The first kappa shape index (κ1) is 20.3. The molecule has 1 unspecified atom stereocenters. The summed E-state index contributed by atoms with van der Waals surface area (Å²) in [4.78, 5) is 34.4. The maximum absolute atomic E-state index is 13.5. The predicted molar refractivity (Wildman–Crippen MR) is 115 cm³/mol. The van der Waals surface area contributed by atoms with Crippen LogP contribution in [0.3, 0.4) is 0 Å². The molecule has 4 heterocycles. The number of fused-ring (bicyclic) bond motifs is 1. The second kappa shape index (κ2) is 8.38. The van der Waals surface area contributed by atoms with Gasteiger partial charge in [0.05, 0.1) is 28.5 Å². The van der Waals surface area contributed by atoms with Crippen LogP contribution in [0.2, 0.25) is 0 Å². The first-order chi connectivity index (χ1) is 15.1. The van der Waals surface area contributed by atoms with Crippen molar-refractivity contribution in [2.75, 3.05) is 6.61 Å². The van der Waals surface area contributed by atoms with E-state index >= 15 is 0 Å². The number of pyridine rings is 2. The van der Waals surface area contributed by atoms with Gasteiger partial charge in [-0.1, -0.05) is 12.1 Å². The van der Waals surface area contributed by atoms with Gasteiger partial charge >= 0.3 is 5.97 Å². The fraction of sp³-hybridized carbons (Fsp3) is 0.136. The first-order valence-electron chi connectivity index (χ1n) is 9.41. The number of carbonyl (C=O) groups is 1. The highest BCUT2D eigenvalue weighted by Crippen LogP contribution is 2.30. The summed E-state index contributed by atoms with van der Waals surface area (Å²) in [5, 5.41) is 9.88. The van der Waals surface area contributed by atoms with Crippen molar-refractivity contribution in [1.29, 1.82) is 5.26 Å². The normalized spacial score (nSPS) is 16.1. The summed E-state index contributed by atoms with van der Waals surface area (Å²) in [6.45, 7) is 1.81. The van der Waals surface area contributed by atoms with Crippen LogP contribution in [0.25, 0.3) is 11.6 Å². The smallest absolute Gasteiger partial charge is 0.343 e. The molecule has 31 heavy (non-hydrogen) atoms. The van der Waals surface area contributed by atoms with E-state index < -0.39 is 12.0 Å². The van der Waals surface area contributed by atoms with Gasteiger partial charge in [0.2, 0.25) is 0 Å². The van der Waals surface area contributed by atoms with Crippen molar-refractivity contribution in [3.8, 4) is 6.07 Å². The van der Waals surface area contributed by atoms with E-state index in [-0.39, 0.29) is 29.0 Å². The van der Waals surface area contributed by atoms with Crippen LogP contribution in [-0.2, 0) is 9.53 Å². The van der Waals surface area contributed by atoms with E-state index in [1.807, 2.05) is 6.07 Å². The third kappa shape index (κ3) is 3.53. The third-order valence-corrected chi connectivity index (χ3v) is 5.85. The van der Waals surface area contributed by atoms with Crippen LogP contribution < -0.4 is 20.5 Å². The maximum atomic E-state index is 13.5. The van der Waals surface area contributed by atoms with Crippen LogP contribution in [-0.4, -0.2) is 27.1 Å². The Bertz CT molecular complexity index is 1400. The minimum atomic E-state index is -0.799. The lowest BCUT2D eigenvalue weighted by molar-refractivity contribution is -0.136. The van der Waals surface area contributed by atoms with Gasteiger partial charge in [-0.05, 0) is 36.3 Å². The zero-order chi connectivity index (χ0) is 22.0. The van der Waals surface area contributed by atoms with Gasteiger partial charge in [0.15, 0.2) is 0 Å². The molecule has 9 heteroatoms. The summed E-state index contributed by atoms with van der Waals surface area (Å²) in [6, 6.07) is 8.33. The van der Waals surface area contributed by atoms with E-state index in [2.05, 4.69) is 16.0 Å². The molecule has 0 bridgehead atoms. The lowest BCUT2D eigenvalue weighted by Crippen LogP contribution is -2.41. The monoisotopic (exact) mass is 431 g/mol. The fourth-order valence-corrected chi connectivity index (χ4v) is 4.59. The summed E-state index contributed by atoms with van der Waals surface area (Å²) in [5.74, 6) is -0.680. The van der Waals surface area contributed by atoms with E-state index in [1.54, 1.807) is 56.0 Å². The van der Waals surface area contributed by atoms with Crippen LogP contribution in [0.1, 0.15) is 24.1 Å². The molecule has 8 nitrogen and oxygen atoms in total. The summed E-state index contributed by atoms with van der Waals surface area (Å²) in [7, 11) is 0. The number of nitriles is 1. The SMILES string of the molecule is CCOC(=O)C1=c2s/c(=C/c3cccnc3)c(=O)n2C(c2cccnc2)C(C#N)=C1N. The van der Waals surface area contributed by atoms with Gasteiger partial charge in [-0.2, -0.15) is 5.26 Å². The van der Waals surface area contributed by atoms with E-state index in [4.69, 9.17) is 10.5 Å². The zero-order valence-electron chi connectivity index (χ0n) is 16.5. The summed E-state index contributed by atoms with van der Waals surface area (Å²) in [6.07, 6.45) is 8.13. The third-order valence-electron chi connectivity index (χ3n) is 4.74. The lowest BCUT2D eigenvalue weighted by Gasteiger charge is -2.24. The molecule has 2 N–H and O–H groups in total. The predicted octanol–water partition coefficient (Wildman–Crippen LogP) is 0.582. The number of thiazole rings is 1. The number of aromatic nitrogens is 3. The molecular weight excluding hydrogens is 414 g/mol. The summed E-state index contributed by atoms with van der Waals surface area (Å²) >= 11 is 1.12. The molecule has 0 spiro atoms. The number of allylic oxidation sites excluding steroid dienone is 1. The van der Waals surface area contributed by atoms with Crippen molar-refractivity contribution in [2.24, 2.45) is 5.73 Å². The van der Waals surface area contributed by atoms with Crippen molar-refractivity contribution in [2.45, 2.75) is 13.0 Å². The van der Waals surface area contributed by atoms with Crippen LogP contribution >= 0.6 is 11.3 Å². The highest BCUT2D eigenvalue weighted by atomic mass is 32.1. The topological polar surface area (TPSA) is 124 Å². The summed E-state index contributed by atoms with van der Waals surface area (Å²) in [5.41, 5.74) is 7.40. The van der Waals surface area contributed by atoms with Gasteiger partial charge in [-0.25, -0.2) is 4.79 Å². The van der Waals surface area contributed by atoms with E-state index in [1.165, 1.54) is 4.57 Å². The summed E-state index contributed by atoms with van der Waals surface area (Å²) < 4.78 is 7.31. The molecule has 154 valence electrons. The molecule has 4 rings (SSSR count). The van der Waals surface area contributed by atoms with Crippen molar-refractivity contribution >= 4 is 29.0 Å². The van der Waals surface area contributed by atoms with Gasteiger partial charge in [0.1, 0.15) is 16.3 Å². The van der Waals surface area contributed by atoms with Crippen molar-refractivity contribution in [1.82, 2.24) is 14.5 Å². The Labute approximate surface area is 180 Å². The quantitative estimate of drug-likeness (QED) is 0.599. The second-order valence-corrected chi connectivity index (χ2v) is 7.63. The molecule has 1 aliphatic rings. The van der Waals surface area contributed by atoms with Crippen LogP contribution in [0, 0.1) is 11.3 Å². The molecule has 0 aromatic carbocycles. The number of carbonyl (C=O) groups excluding carboxylic acids is 1. The highest BCUT2D eigenvalue weighted by molar-refractivity contribution is 7.07. The van der Waals surface area contributed by atoms with Gasteiger partial charge in [-0.15, -0.1) is 11.3 Å². The van der Waals surface area contributed by atoms with Crippen molar-refractivity contribution in [3.05, 3.63) is 91.0 Å². The second-order valence-electron chi connectivity index (χ2n) is 6.60. The Morgan fingerprint density at radius 3 is 2.68 bits per heavy atom. The molecule has 3 aromatic rings. The molecule has 0 aliphatic carbocycles. The van der Waals surface area contributed by atoms with Gasteiger partial charge in [-0.3, -0.25) is 19.3 Å². The first-order valence-corrected chi connectivity index (χ1v) is 10.2. The average molecular weight is 431 g/mol. The molecule has 1 atom stereocenters. The Morgan fingerprint density at radius 1 is 1.32 bits per heavy atom. The Balaban J connectivity index is 2.10. The Hall–Kier alpha value is -4.03. The van der Waals surface area contributed by atoms with Gasteiger partial charge in [0.25, 0.3) is 5.56 Å². The number of rotatable bonds is 4. The van der Waals surface area contributed by atoms with E-state index in [0.717, 1.165) is 16.9 Å². The molecule has 0 saturated heterocycles. The maximum Gasteiger partial charge on any atom is 0.343 e. The van der Waals surface area contributed by atoms with Crippen molar-refractivity contribution < 1.29 is 9.53 Å². The number of nitrogens with two attached hydrogens (primary N) is 1. The molecule has 0 fully saturated rings. The number of ether oxygens (including phenoxy) is 1. The van der Waals surface area contributed by atoms with Gasteiger partial charge in [0, 0.05) is 24.8 Å². The van der Waals surface area contributed by atoms with E-state index in [9.17, 15) is 14.9 Å². The lowest BCUT2D eigenvalue weighted by atomic mass is 9.94. The zero-order valence-corrected chi connectivity index (χ0v) is 17.3. The van der Waals surface area contributed by atoms with E-state index in [0.29, 0.717) is 14.8 Å².